The van der Waals surface area contributed by atoms with Crippen molar-refractivity contribution in [1.29, 1.82) is 0 Å². The lowest BCUT2D eigenvalue weighted by atomic mass is 9.82. The summed E-state index contributed by atoms with van der Waals surface area (Å²) >= 11 is 0. The third-order valence-electron chi connectivity index (χ3n) is 1.76. The highest BCUT2D eigenvalue weighted by Crippen LogP contribution is 2.26. The highest BCUT2D eigenvalue weighted by atomic mass is 16.4. The van der Waals surface area contributed by atoms with Gasteiger partial charge in [-0.15, -0.1) is 0 Å². The van der Waals surface area contributed by atoms with E-state index in [1.165, 1.54) is 0 Å². The fraction of sp³-hybridized carbons (Fsp3) is 0.818. The summed E-state index contributed by atoms with van der Waals surface area (Å²) in [5.41, 5.74) is -0.273. The minimum Gasteiger partial charge on any atom is -0.481 e. The molecule has 0 rings (SSSR count). The monoisotopic (exact) mass is 215 g/mol. The van der Waals surface area contributed by atoms with Gasteiger partial charge in [0.05, 0.1) is 0 Å². The molecule has 0 bridgehead atoms. The van der Waals surface area contributed by atoms with Gasteiger partial charge in [0.1, 0.15) is 6.42 Å². The lowest BCUT2D eigenvalue weighted by Crippen LogP contribution is -2.46. The van der Waals surface area contributed by atoms with E-state index in [4.69, 9.17) is 5.11 Å². The average molecular weight is 215 g/mol. The van der Waals surface area contributed by atoms with Crippen molar-refractivity contribution in [3.05, 3.63) is 0 Å². The van der Waals surface area contributed by atoms with Gasteiger partial charge in [-0.05, 0) is 25.7 Å². The Balaban J connectivity index is 4.25. The lowest BCUT2D eigenvalue weighted by molar-refractivity contribution is -0.141. The molecule has 0 fully saturated rings. The van der Waals surface area contributed by atoms with Gasteiger partial charge < -0.3 is 10.4 Å². The molecule has 0 atom stereocenters. The van der Waals surface area contributed by atoms with Crippen LogP contribution in [-0.2, 0) is 9.59 Å². The van der Waals surface area contributed by atoms with Crippen molar-refractivity contribution >= 4 is 11.9 Å². The third kappa shape index (κ3) is 7.97. The van der Waals surface area contributed by atoms with Crippen LogP contribution >= 0.6 is 0 Å². The maximum atomic E-state index is 11.3. The molecular weight excluding hydrogens is 194 g/mol. The summed E-state index contributed by atoms with van der Waals surface area (Å²) in [6.07, 6.45) is 0.332. The molecule has 0 saturated carbocycles. The number of nitrogens with one attached hydrogen (secondary N) is 1. The predicted octanol–water partition coefficient (Wildman–Crippen LogP) is 1.79. The standard InChI is InChI=1S/C11H21NO3/c1-10(2,3)7-11(4,5)12-8(13)6-9(14)15/h6-7H2,1-5H3,(H,12,13)(H,14,15). The zero-order valence-corrected chi connectivity index (χ0v) is 10.2. The van der Waals surface area contributed by atoms with Crippen LogP contribution in [0.25, 0.3) is 0 Å². The molecular formula is C11H21NO3. The van der Waals surface area contributed by atoms with Crippen molar-refractivity contribution in [3.8, 4) is 0 Å². The molecule has 0 radical (unpaired) electrons. The number of rotatable bonds is 4. The van der Waals surface area contributed by atoms with E-state index in [0.717, 1.165) is 6.42 Å². The molecule has 88 valence electrons. The third-order valence-corrected chi connectivity index (χ3v) is 1.76. The van der Waals surface area contributed by atoms with E-state index in [9.17, 15) is 9.59 Å². The van der Waals surface area contributed by atoms with Crippen LogP contribution in [0.4, 0.5) is 0 Å². The maximum Gasteiger partial charge on any atom is 0.312 e. The molecule has 0 spiro atoms. The molecule has 1 amide bonds. The molecule has 0 aliphatic heterocycles. The highest BCUT2D eigenvalue weighted by Gasteiger charge is 2.27. The van der Waals surface area contributed by atoms with Crippen molar-refractivity contribution in [2.75, 3.05) is 0 Å². The molecule has 0 aromatic rings. The molecule has 0 heterocycles. The average Bonchev–Trinajstić information content (AvgIpc) is 1.73. The Morgan fingerprint density at radius 3 is 1.93 bits per heavy atom. The molecule has 0 saturated heterocycles. The lowest BCUT2D eigenvalue weighted by Gasteiger charge is -2.33. The number of carboxylic acid groups (broad SMARTS) is 1. The number of carboxylic acids is 1. The van der Waals surface area contributed by atoms with Gasteiger partial charge in [-0.1, -0.05) is 20.8 Å². The Kier molecular flexibility index (Phi) is 4.31. The van der Waals surface area contributed by atoms with E-state index >= 15 is 0 Å². The van der Waals surface area contributed by atoms with Gasteiger partial charge in [0.25, 0.3) is 0 Å². The first-order valence-corrected chi connectivity index (χ1v) is 5.05. The van der Waals surface area contributed by atoms with E-state index in [2.05, 4.69) is 26.1 Å². The molecule has 0 unspecified atom stereocenters. The summed E-state index contributed by atoms with van der Waals surface area (Å²) in [7, 11) is 0. The first-order valence-electron chi connectivity index (χ1n) is 5.05. The number of carbonyl (C=O) groups excluding carboxylic acids is 1. The normalized spacial score (nSPS) is 12.3. The number of hydrogen-bond donors (Lipinski definition) is 2. The van der Waals surface area contributed by atoms with Crippen molar-refractivity contribution in [1.82, 2.24) is 5.32 Å². The van der Waals surface area contributed by atoms with E-state index in [-0.39, 0.29) is 11.0 Å². The van der Waals surface area contributed by atoms with Crippen molar-refractivity contribution in [3.63, 3.8) is 0 Å². The minimum atomic E-state index is -1.10. The molecule has 4 nitrogen and oxygen atoms in total. The fourth-order valence-corrected chi connectivity index (χ4v) is 1.93. The predicted molar refractivity (Wildman–Crippen MR) is 58.5 cm³/mol. The van der Waals surface area contributed by atoms with Crippen LogP contribution in [-0.4, -0.2) is 22.5 Å². The van der Waals surface area contributed by atoms with Crippen LogP contribution < -0.4 is 5.32 Å². The molecule has 0 aliphatic rings. The quantitative estimate of drug-likeness (QED) is 0.703. The van der Waals surface area contributed by atoms with Crippen LogP contribution in [0.5, 0.6) is 0 Å². The van der Waals surface area contributed by atoms with Crippen LogP contribution in [0, 0.1) is 5.41 Å². The topological polar surface area (TPSA) is 66.4 Å². The van der Waals surface area contributed by atoms with Gasteiger partial charge in [-0.3, -0.25) is 9.59 Å². The van der Waals surface area contributed by atoms with Crippen molar-refractivity contribution < 1.29 is 14.7 Å². The highest BCUT2D eigenvalue weighted by molar-refractivity contribution is 5.93. The Bertz CT molecular complexity index is 251. The molecule has 0 aliphatic carbocycles. The van der Waals surface area contributed by atoms with Crippen LogP contribution in [0.3, 0.4) is 0 Å². The molecule has 4 heteroatoms. The minimum absolute atomic E-state index is 0.0972. The van der Waals surface area contributed by atoms with Gasteiger partial charge >= 0.3 is 5.97 Å². The second kappa shape index (κ2) is 4.64. The van der Waals surface area contributed by atoms with Crippen molar-refractivity contribution in [2.45, 2.75) is 53.0 Å². The van der Waals surface area contributed by atoms with E-state index in [1.807, 2.05) is 13.8 Å². The first kappa shape index (κ1) is 13.9. The summed E-state index contributed by atoms with van der Waals surface area (Å²) in [6.45, 7) is 10.0. The SMILES string of the molecule is CC(C)(C)CC(C)(C)NC(=O)CC(=O)O. The Morgan fingerprint density at radius 2 is 1.60 bits per heavy atom. The molecule has 15 heavy (non-hydrogen) atoms. The zero-order valence-electron chi connectivity index (χ0n) is 10.2. The summed E-state index contributed by atoms with van der Waals surface area (Å²) in [4.78, 5) is 21.6. The second-order valence-electron chi connectivity index (χ2n) is 5.74. The van der Waals surface area contributed by atoms with Gasteiger partial charge in [0, 0.05) is 5.54 Å². The molecule has 0 aromatic heterocycles. The van der Waals surface area contributed by atoms with Gasteiger partial charge in [0.15, 0.2) is 0 Å². The largest absolute Gasteiger partial charge is 0.481 e. The molecule has 0 aromatic carbocycles. The smallest absolute Gasteiger partial charge is 0.312 e. The van der Waals surface area contributed by atoms with E-state index in [1.54, 1.807) is 0 Å². The van der Waals surface area contributed by atoms with Gasteiger partial charge in [-0.25, -0.2) is 0 Å². The maximum absolute atomic E-state index is 11.3. The second-order valence-corrected chi connectivity index (χ2v) is 5.74. The number of aliphatic carboxylic acids is 1. The molecule has 2 N–H and O–H groups in total. The van der Waals surface area contributed by atoms with E-state index in [0.29, 0.717) is 0 Å². The van der Waals surface area contributed by atoms with Gasteiger partial charge in [0.2, 0.25) is 5.91 Å². The van der Waals surface area contributed by atoms with Crippen LogP contribution in [0.2, 0.25) is 0 Å². The zero-order chi connectivity index (χ0) is 12.3. The van der Waals surface area contributed by atoms with Crippen LogP contribution in [0.1, 0.15) is 47.5 Å². The summed E-state index contributed by atoms with van der Waals surface area (Å²) in [5.74, 6) is -1.53. The Morgan fingerprint density at radius 1 is 1.13 bits per heavy atom. The number of amides is 1. The number of hydrogen-bond acceptors (Lipinski definition) is 2. The van der Waals surface area contributed by atoms with Crippen LogP contribution in [0.15, 0.2) is 0 Å². The van der Waals surface area contributed by atoms with Gasteiger partial charge in [-0.2, -0.15) is 0 Å². The first-order chi connectivity index (χ1) is 6.52. The Labute approximate surface area is 91.1 Å². The van der Waals surface area contributed by atoms with E-state index < -0.39 is 18.3 Å². The summed E-state index contributed by atoms with van der Waals surface area (Å²) < 4.78 is 0. The fourth-order valence-electron chi connectivity index (χ4n) is 1.93. The summed E-state index contributed by atoms with van der Waals surface area (Å²) in [6, 6.07) is 0. The summed E-state index contributed by atoms with van der Waals surface area (Å²) in [5, 5.41) is 11.2. The Hall–Kier alpha value is -1.06. The van der Waals surface area contributed by atoms with Crippen molar-refractivity contribution in [2.24, 2.45) is 5.41 Å². The number of carbonyl (C=O) groups is 2.